The topological polar surface area (TPSA) is 125 Å². The zero-order valence-electron chi connectivity index (χ0n) is 20.0. The lowest BCUT2D eigenvalue weighted by Gasteiger charge is -2.12. The molecule has 184 valence electrons. The second kappa shape index (κ2) is 10.6. The van der Waals surface area contributed by atoms with E-state index in [0.29, 0.717) is 28.7 Å². The molecule has 4 rings (SSSR count). The summed E-state index contributed by atoms with van der Waals surface area (Å²) in [5, 5.41) is 31.8. The van der Waals surface area contributed by atoms with Crippen molar-refractivity contribution in [3.63, 3.8) is 0 Å². The van der Waals surface area contributed by atoms with Crippen LogP contribution in [0.25, 0.3) is 10.8 Å². The second-order valence-corrected chi connectivity index (χ2v) is 9.55. The quantitative estimate of drug-likeness (QED) is 0.191. The van der Waals surface area contributed by atoms with Crippen LogP contribution < -0.4 is 5.32 Å². The van der Waals surface area contributed by atoms with Crippen molar-refractivity contribution in [1.29, 1.82) is 0 Å². The Labute approximate surface area is 209 Å². The molecule has 0 atom stereocenters. The third-order valence-electron chi connectivity index (χ3n) is 5.40. The molecule has 0 unspecified atom stereocenters. The normalized spacial score (nSPS) is 12.1. The summed E-state index contributed by atoms with van der Waals surface area (Å²) < 4.78 is 30.0. The molecular weight excluding hydrogens is 478 g/mol. The Morgan fingerprint density at radius 3 is 2.33 bits per heavy atom. The van der Waals surface area contributed by atoms with Gasteiger partial charge in [-0.05, 0) is 79.4 Å². The molecule has 4 aromatic rings. The van der Waals surface area contributed by atoms with E-state index in [1.54, 1.807) is 36.4 Å². The lowest BCUT2D eigenvalue weighted by molar-refractivity contribution is 0.397. The summed E-state index contributed by atoms with van der Waals surface area (Å²) in [4.78, 5) is -0.280. The van der Waals surface area contributed by atoms with Crippen molar-refractivity contribution >= 4 is 49.3 Å². The Morgan fingerprint density at radius 1 is 0.889 bits per heavy atom. The zero-order valence-corrected chi connectivity index (χ0v) is 20.8. The van der Waals surface area contributed by atoms with Crippen molar-refractivity contribution in [2.24, 2.45) is 20.5 Å². The van der Waals surface area contributed by atoms with Gasteiger partial charge in [0.1, 0.15) is 10.6 Å². The molecule has 0 bridgehead atoms. The average molecular weight is 504 g/mol. The first-order chi connectivity index (χ1) is 17.3. The maximum absolute atomic E-state index is 12.7. The molecule has 10 heteroatoms. The summed E-state index contributed by atoms with van der Waals surface area (Å²) >= 11 is 0. The summed E-state index contributed by atoms with van der Waals surface area (Å²) in [6.45, 7) is 4.50. The Kier molecular flexibility index (Phi) is 7.37. The summed E-state index contributed by atoms with van der Waals surface area (Å²) in [6.07, 6.45) is 0. The number of hydrogen-bond acceptors (Lipinski definition) is 9. The predicted molar refractivity (Wildman–Crippen MR) is 140 cm³/mol. The van der Waals surface area contributed by atoms with Crippen molar-refractivity contribution in [1.82, 2.24) is 0 Å². The molecule has 0 amide bonds. The van der Waals surface area contributed by atoms with Gasteiger partial charge in [-0.15, -0.1) is 5.11 Å². The molecule has 0 aliphatic carbocycles. The fourth-order valence-corrected chi connectivity index (χ4v) is 4.40. The van der Waals surface area contributed by atoms with Crippen LogP contribution in [0.1, 0.15) is 12.5 Å². The van der Waals surface area contributed by atoms with Gasteiger partial charge in [0.2, 0.25) is 0 Å². The van der Waals surface area contributed by atoms with E-state index >= 15 is 0 Å². The number of aromatic hydroxyl groups is 1. The van der Waals surface area contributed by atoms with Crippen molar-refractivity contribution in [2.45, 2.75) is 18.7 Å². The van der Waals surface area contributed by atoms with E-state index in [-0.39, 0.29) is 16.3 Å². The SMILES string of the molecule is CCNc1ccc2c(O)c(N=Nc3ccc(N=Nc4ccccc4)c(C)c3)c(S(=O)(=O)OC)cc2c1. The number of benzene rings is 4. The molecule has 0 spiro atoms. The van der Waals surface area contributed by atoms with Gasteiger partial charge in [0, 0.05) is 17.6 Å². The van der Waals surface area contributed by atoms with Gasteiger partial charge in [0.15, 0.2) is 5.75 Å². The smallest absolute Gasteiger partial charge is 0.299 e. The van der Waals surface area contributed by atoms with E-state index in [9.17, 15) is 13.5 Å². The Hall–Kier alpha value is -4.15. The van der Waals surface area contributed by atoms with Crippen molar-refractivity contribution in [3.8, 4) is 5.75 Å². The minimum atomic E-state index is -4.18. The zero-order chi connectivity index (χ0) is 25.7. The first-order valence-corrected chi connectivity index (χ1v) is 12.6. The van der Waals surface area contributed by atoms with Crippen LogP contribution in [0, 0.1) is 6.92 Å². The molecule has 0 saturated heterocycles. The van der Waals surface area contributed by atoms with Crippen LogP contribution in [-0.4, -0.2) is 27.2 Å². The molecule has 0 fully saturated rings. The van der Waals surface area contributed by atoms with Gasteiger partial charge in [-0.3, -0.25) is 4.18 Å². The maximum Gasteiger partial charge on any atom is 0.299 e. The van der Waals surface area contributed by atoms with Crippen LogP contribution in [0.5, 0.6) is 5.75 Å². The van der Waals surface area contributed by atoms with Crippen LogP contribution in [0.4, 0.5) is 28.4 Å². The van der Waals surface area contributed by atoms with E-state index in [1.165, 1.54) is 6.07 Å². The number of rotatable bonds is 8. The summed E-state index contributed by atoms with van der Waals surface area (Å²) in [7, 11) is -3.13. The number of phenolic OH excluding ortho intramolecular Hbond substituents is 1. The van der Waals surface area contributed by atoms with Gasteiger partial charge >= 0.3 is 0 Å². The van der Waals surface area contributed by atoms with Gasteiger partial charge in [0.25, 0.3) is 10.1 Å². The highest BCUT2D eigenvalue weighted by Crippen LogP contribution is 2.42. The molecule has 2 N–H and O–H groups in total. The first kappa shape index (κ1) is 25.0. The molecule has 0 heterocycles. The van der Waals surface area contributed by atoms with E-state index < -0.39 is 10.1 Å². The van der Waals surface area contributed by atoms with E-state index in [4.69, 9.17) is 4.18 Å². The minimum absolute atomic E-state index is 0.203. The minimum Gasteiger partial charge on any atom is -0.505 e. The van der Waals surface area contributed by atoms with E-state index in [2.05, 4.69) is 25.8 Å². The third-order valence-corrected chi connectivity index (χ3v) is 6.68. The maximum atomic E-state index is 12.7. The molecule has 0 aliphatic heterocycles. The predicted octanol–water partition coefficient (Wildman–Crippen LogP) is 7.45. The van der Waals surface area contributed by atoms with Gasteiger partial charge in [0.05, 0.1) is 24.2 Å². The number of aryl methyl sites for hydroxylation is 1. The van der Waals surface area contributed by atoms with Gasteiger partial charge in [-0.2, -0.15) is 23.8 Å². The molecule has 0 radical (unpaired) electrons. The lowest BCUT2D eigenvalue weighted by atomic mass is 10.1. The molecule has 0 aromatic heterocycles. The second-order valence-electron chi connectivity index (χ2n) is 7.87. The van der Waals surface area contributed by atoms with E-state index in [0.717, 1.165) is 24.0 Å². The summed E-state index contributed by atoms with van der Waals surface area (Å²) in [6, 6.07) is 21.2. The van der Waals surface area contributed by atoms with Gasteiger partial charge in [-0.1, -0.05) is 18.2 Å². The van der Waals surface area contributed by atoms with Crippen LogP contribution in [0.2, 0.25) is 0 Å². The average Bonchev–Trinajstić information content (AvgIpc) is 2.88. The molecule has 36 heavy (non-hydrogen) atoms. The van der Waals surface area contributed by atoms with Gasteiger partial charge in [-0.25, -0.2) is 0 Å². The number of nitrogens with one attached hydrogen (secondary N) is 1. The fourth-order valence-electron chi connectivity index (χ4n) is 3.57. The molecule has 0 aliphatic rings. The highest BCUT2D eigenvalue weighted by Gasteiger charge is 2.24. The Balaban J connectivity index is 1.72. The summed E-state index contributed by atoms with van der Waals surface area (Å²) in [5.74, 6) is -0.306. The standard InChI is InChI=1S/C26H25N5O4S/c1-4-27-20-10-12-22-18(15-20)16-24(36(33,34)35-3)25(26(22)32)31-29-21-11-13-23(17(2)14-21)30-28-19-8-6-5-7-9-19/h5-16,27,32H,4H2,1-3H3. The molecule has 9 nitrogen and oxygen atoms in total. The number of phenols is 1. The number of hydrogen-bond donors (Lipinski definition) is 2. The fraction of sp³-hybridized carbons (Fsp3) is 0.154. The number of anilines is 1. The van der Waals surface area contributed by atoms with Crippen LogP contribution in [0.3, 0.4) is 0 Å². The molecule has 4 aromatic carbocycles. The Bertz CT molecular complexity index is 1570. The third kappa shape index (κ3) is 5.40. The van der Waals surface area contributed by atoms with Crippen molar-refractivity contribution in [2.75, 3.05) is 19.0 Å². The van der Waals surface area contributed by atoms with Gasteiger partial charge < -0.3 is 10.4 Å². The van der Waals surface area contributed by atoms with Crippen LogP contribution in [-0.2, 0) is 14.3 Å². The largest absolute Gasteiger partial charge is 0.505 e. The van der Waals surface area contributed by atoms with Crippen molar-refractivity contribution in [3.05, 3.63) is 78.4 Å². The lowest BCUT2D eigenvalue weighted by Crippen LogP contribution is -2.03. The van der Waals surface area contributed by atoms with Crippen molar-refractivity contribution < 1.29 is 17.7 Å². The molecule has 0 saturated carbocycles. The first-order valence-electron chi connectivity index (χ1n) is 11.2. The highest BCUT2D eigenvalue weighted by molar-refractivity contribution is 7.87. The molecular formula is C26H25N5O4S. The monoisotopic (exact) mass is 503 g/mol. The number of nitrogens with zero attached hydrogens (tertiary/aromatic N) is 4. The Morgan fingerprint density at radius 2 is 1.64 bits per heavy atom. The number of fused-ring (bicyclic) bond motifs is 1. The number of azo groups is 2. The van der Waals surface area contributed by atoms with E-state index in [1.807, 2.05) is 44.2 Å². The summed E-state index contributed by atoms with van der Waals surface area (Å²) in [5.41, 5.74) is 3.23. The van der Waals surface area contributed by atoms with Crippen LogP contribution >= 0.6 is 0 Å². The van der Waals surface area contributed by atoms with Crippen LogP contribution in [0.15, 0.2) is 98.1 Å². The highest BCUT2D eigenvalue weighted by atomic mass is 32.2.